The summed E-state index contributed by atoms with van der Waals surface area (Å²) in [6.07, 6.45) is 0. The van der Waals surface area contributed by atoms with E-state index in [2.05, 4.69) is 44.7 Å². The number of nitrogens with zero attached hydrogens (tertiary/aromatic N) is 5. The summed E-state index contributed by atoms with van der Waals surface area (Å²) in [5.41, 5.74) is 2.96. The fourth-order valence-electron chi connectivity index (χ4n) is 2.69. The van der Waals surface area contributed by atoms with Gasteiger partial charge in [-0.1, -0.05) is 32.0 Å². The summed E-state index contributed by atoms with van der Waals surface area (Å²) in [5.74, 6) is 2.88. The molecule has 0 aliphatic rings. The van der Waals surface area contributed by atoms with Crippen molar-refractivity contribution in [3.63, 3.8) is 0 Å². The van der Waals surface area contributed by atoms with Crippen LogP contribution >= 0.6 is 0 Å². The molecule has 0 spiro atoms. The van der Waals surface area contributed by atoms with E-state index in [9.17, 15) is 0 Å². The van der Waals surface area contributed by atoms with Crippen LogP contribution in [0.2, 0.25) is 0 Å². The first-order valence-electron chi connectivity index (χ1n) is 8.23. The lowest BCUT2D eigenvalue weighted by Crippen LogP contribution is -2.21. The molecular weight excluding hydrogens is 298 g/mol. The number of anilines is 1. The Hall–Kier alpha value is -2.56. The maximum absolute atomic E-state index is 4.69. The number of fused-ring (bicyclic) bond motifs is 1. The molecule has 2 heterocycles. The molecule has 0 unspecified atom stereocenters. The van der Waals surface area contributed by atoms with E-state index in [1.54, 1.807) is 0 Å². The van der Waals surface area contributed by atoms with Crippen LogP contribution in [-0.2, 0) is 6.54 Å². The van der Waals surface area contributed by atoms with Crippen LogP contribution in [0.4, 0.5) is 5.82 Å². The maximum atomic E-state index is 4.69. The first-order valence-corrected chi connectivity index (χ1v) is 8.23. The summed E-state index contributed by atoms with van der Waals surface area (Å²) >= 11 is 0. The lowest BCUT2D eigenvalue weighted by molar-refractivity contribution is 0.748. The molecule has 0 atom stereocenters. The molecular formula is C19H23N5. The van der Waals surface area contributed by atoms with Crippen LogP contribution in [0.1, 0.15) is 42.8 Å². The average Bonchev–Trinajstić information content (AvgIpc) is 2.54. The van der Waals surface area contributed by atoms with E-state index in [0.29, 0.717) is 12.5 Å². The molecule has 0 amide bonds. The highest BCUT2D eigenvalue weighted by Gasteiger charge is 2.12. The zero-order valence-corrected chi connectivity index (χ0v) is 14.9. The molecule has 3 rings (SSSR count). The van der Waals surface area contributed by atoms with Gasteiger partial charge in [-0.15, -0.1) is 0 Å². The van der Waals surface area contributed by atoms with Crippen molar-refractivity contribution in [1.82, 2.24) is 19.9 Å². The van der Waals surface area contributed by atoms with Crippen LogP contribution in [0, 0.1) is 13.8 Å². The average molecular weight is 321 g/mol. The van der Waals surface area contributed by atoms with Gasteiger partial charge in [-0.3, -0.25) is 0 Å². The second kappa shape index (κ2) is 6.51. The largest absolute Gasteiger partial charge is 0.352 e. The summed E-state index contributed by atoms with van der Waals surface area (Å²) in [7, 11) is 2.01. The molecule has 124 valence electrons. The molecule has 0 aliphatic heterocycles. The Labute approximate surface area is 142 Å². The molecule has 5 nitrogen and oxygen atoms in total. The summed E-state index contributed by atoms with van der Waals surface area (Å²) in [6, 6.07) is 10.1. The zero-order chi connectivity index (χ0) is 17.3. The number of hydrogen-bond acceptors (Lipinski definition) is 5. The Morgan fingerprint density at radius 2 is 1.75 bits per heavy atom. The topological polar surface area (TPSA) is 54.8 Å². The first kappa shape index (κ1) is 16.3. The maximum Gasteiger partial charge on any atom is 0.148 e. The Balaban J connectivity index is 1.91. The molecule has 1 aromatic carbocycles. The molecule has 0 radical (unpaired) electrons. The van der Waals surface area contributed by atoms with E-state index in [0.717, 1.165) is 39.8 Å². The highest BCUT2D eigenvalue weighted by atomic mass is 15.2. The van der Waals surface area contributed by atoms with Crippen LogP contribution < -0.4 is 4.90 Å². The minimum atomic E-state index is 0.302. The number of aromatic nitrogens is 4. The second-order valence-corrected chi connectivity index (χ2v) is 6.48. The lowest BCUT2D eigenvalue weighted by atomic mass is 10.2. The number of hydrogen-bond donors (Lipinski definition) is 0. The van der Waals surface area contributed by atoms with Gasteiger partial charge in [0.25, 0.3) is 0 Å². The van der Waals surface area contributed by atoms with Crippen LogP contribution in [-0.4, -0.2) is 27.0 Å². The van der Waals surface area contributed by atoms with Crippen molar-refractivity contribution in [1.29, 1.82) is 0 Å². The second-order valence-electron chi connectivity index (χ2n) is 6.48. The van der Waals surface area contributed by atoms with Crippen molar-refractivity contribution in [2.24, 2.45) is 0 Å². The van der Waals surface area contributed by atoms with Crippen molar-refractivity contribution in [2.45, 2.75) is 40.2 Å². The fraction of sp³-hybridized carbons (Fsp3) is 0.368. The molecule has 2 aromatic heterocycles. The number of rotatable bonds is 4. The third kappa shape index (κ3) is 3.35. The SMILES string of the molecule is Cc1cc(N(C)Cc2nc(C)c3ccccc3n2)nc(C(C)C)n1. The smallest absolute Gasteiger partial charge is 0.148 e. The summed E-state index contributed by atoms with van der Waals surface area (Å²) < 4.78 is 0. The normalized spacial score (nSPS) is 11.2. The van der Waals surface area contributed by atoms with Crippen molar-refractivity contribution in [3.8, 4) is 0 Å². The lowest BCUT2D eigenvalue weighted by Gasteiger charge is -2.19. The van der Waals surface area contributed by atoms with E-state index in [-0.39, 0.29) is 0 Å². The summed E-state index contributed by atoms with van der Waals surface area (Å²) in [6.45, 7) is 8.85. The van der Waals surface area contributed by atoms with Gasteiger partial charge in [0.15, 0.2) is 0 Å². The fourth-order valence-corrected chi connectivity index (χ4v) is 2.69. The van der Waals surface area contributed by atoms with Gasteiger partial charge in [-0.05, 0) is 19.9 Å². The van der Waals surface area contributed by atoms with Crippen LogP contribution in [0.5, 0.6) is 0 Å². The minimum Gasteiger partial charge on any atom is -0.352 e. The van der Waals surface area contributed by atoms with Crippen molar-refractivity contribution in [3.05, 3.63) is 53.4 Å². The van der Waals surface area contributed by atoms with Crippen molar-refractivity contribution >= 4 is 16.7 Å². The Morgan fingerprint density at radius 3 is 2.50 bits per heavy atom. The monoisotopic (exact) mass is 321 g/mol. The van der Waals surface area contributed by atoms with Gasteiger partial charge in [0.05, 0.1) is 12.1 Å². The van der Waals surface area contributed by atoms with Crippen LogP contribution in [0.3, 0.4) is 0 Å². The van der Waals surface area contributed by atoms with Gasteiger partial charge in [0, 0.05) is 35.8 Å². The molecule has 0 saturated heterocycles. The standard InChI is InChI=1S/C19H23N5/c1-12(2)19-20-13(3)10-18(23-19)24(5)11-17-21-14(4)15-8-6-7-9-16(15)22-17/h6-10,12H,11H2,1-5H3. The van der Waals surface area contributed by atoms with Crippen LogP contribution in [0.25, 0.3) is 10.9 Å². The van der Waals surface area contributed by atoms with E-state index >= 15 is 0 Å². The van der Waals surface area contributed by atoms with E-state index < -0.39 is 0 Å². The molecule has 3 aromatic rings. The van der Waals surface area contributed by atoms with Gasteiger partial charge in [0.2, 0.25) is 0 Å². The zero-order valence-electron chi connectivity index (χ0n) is 14.9. The van der Waals surface area contributed by atoms with Gasteiger partial charge in [-0.25, -0.2) is 19.9 Å². The highest BCUT2D eigenvalue weighted by molar-refractivity contribution is 5.80. The molecule has 5 heteroatoms. The van der Waals surface area contributed by atoms with E-state index in [1.807, 2.05) is 45.2 Å². The van der Waals surface area contributed by atoms with Gasteiger partial charge in [0.1, 0.15) is 17.5 Å². The number of aryl methyl sites for hydroxylation is 2. The molecule has 24 heavy (non-hydrogen) atoms. The Bertz CT molecular complexity index is 873. The molecule has 0 fully saturated rings. The van der Waals surface area contributed by atoms with Gasteiger partial charge in [-0.2, -0.15) is 0 Å². The van der Waals surface area contributed by atoms with Crippen molar-refractivity contribution in [2.75, 3.05) is 11.9 Å². The predicted octanol–water partition coefficient (Wildman–Crippen LogP) is 3.80. The first-order chi connectivity index (χ1) is 11.4. The minimum absolute atomic E-state index is 0.302. The molecule has 0 bridgehead atoms. The van der Waals surface area contributed by atoms with Gasteiger partial charge < -0.3 is 4.90 Å². The molecule has 0 aliphatic carbocycles. The Morgan fingerprint density at radius 1 is 1.00 bits per heavy atom. The third-order valence-corrected chi connectivity index (χ3v) is 3.98. The third-order valence-electron chi connectivity index (χ3n) is 3.98. The molecule has 0 saturated carbocycles. The number of para-hydroxylation sites is 1. The quantitative estimate of drug-likeness (QED) is 0.731. The van der Waals surface area contributed by atoms with Crippen molar-refractivity contribution < 1.29 is 0 Å². The summed E-state index contributed by atoms with van der Waals surface area (Å²) in [4.78, 5) is 20.6. The van der Waals surface area contributed by atoms with Crippen LogP contribution in [0.15, 0.2) is 30.3 Å². The Kier molecular flexibility index (Phi) is 4.42. The molecule has 0 N–H and O–H groups in total. The summed E-state index contributed by atoms with van der Waals surface area (Å²) in [5, 5.41) is 1.10. The van der Waals surface area contributed by atoms with E-state index in [4.69, 9.17) is 0 Å². The highest BCUT2D eigenvalue weighted by Crippen LogP contribution is 2.19. The van der Waals surface area contributed by atoms with Gasteiger partial charge >= 0.3 is 0 Å². The predicted molar refractivity (Wildman–Crippen MR) is 97.2 cm³/mol. The number of benzene rings is 1. The van der Waals surface area contributed by atoms with E-state index in [1.165, 1.54) is 0 Å².